The van der Waals surface area contributed by atoms with Gasteiger partial charge in [0.25, 0.3) is 5.91 Å². The van der Waals surface area contributed by atoms with Crippen LogP contribution in [0.5, 0.6) is 5.75 Å². The normalized spacial score (nSPS) is 13.2. The van der Waals surface area contributed by atoms with Gasteiger partial charge in [0.05, 0.1) is 17.1 Å². The van der Waals surface area contributed by atoms with E-state index in [9.17, 15) is 9.18 Å². The Bertz CT molecular complexity index is 771. The average molecular weight is 399 g/mol. The molecular formula is C19H21Cl2FN2O2. The van der Waals surface area contributed by atoms with Gasteiger partial charge in [0.1, 0.15) is 18.2 Å². The predicted molar refractivity (Wildman–Crippen MR) is 103 cm³/mol. The van der Waals surface area contributed by atoms with Crippen molar-refractivity contribution in [1.29, 1.82) is 0 Å². The lowest BCUT2D eigenvalue weighted by Crippen LogP contribution is -2.29. The Labute approximate surface area is 163 Å². The molecule has 1 amide bonds. The molecular weight excluding hydrogens is 378 g/mol. The third kappa shape index (κ3) is 4.87. The first-order chi connectivity index (χ1) is 12.2. The molecule has 1 aliphatic heterocycles. The Morgan fingerprint density at radius 3 is 2.77 bits per heavy atom. The number of benzene rings is 2. The maximum absolute atomic E-state index is 13.6. The molecule has 0 saturated carbocycles. The fraction of sp³-hybridized carbons (Fsp3) is 0.316. The molecule has 0 spiro atoms. The summed E-state index contributed by atoms with van der Waals surface area (Å²) >= 11 is 6.29. The van der Waals surface area contributed by atoms with E-state index < -0.39 is 11.7 Å². The number of carbonyl (C=O) groups is 1. The van der Waals surface area contributed by atoms with Crippen LogP contribution in [-0.2, 0) is 12.8 Å². The van der Waals surface area contributed by atoms with Crippen molar-refractivity contribution in [2.45, 2.75) is 12.8 Å². The van der Waals surface area contributed by atoms with Gasteiger partial charge in [-0.2, -0.15) is 0 Å². The van der Waals surface area contributed by atoms with E-state index in [1.807, 2.05) is 12.1 Å². The van der Waals surface area contributed by atoms with E-state index >= 15 is 0 Å². The molecule has 2 aromatic carbocycles. The van der Waals surface area contributed by atoms with Gasteiger partial charge in [0, 0.05) is 5.56 Å². The molecule has 2 N–H and O–H groups in total. The zero-order valence-electron chi connectivity index (χ0n) is 14.2. The molecule has 0 fully saturated rings. The zero-order chi connectivity index (χ0) is 17.6. The summed E-state index contributed by atoms with van der Waals surface area (Å²) < 4.78 is 19.4. The van der Waals surface area contributed by atoms with Gasteiger partial charge in [0.15, 0.2) is 0 Å². The van der Waals surface area contributed by atoms with Gasteiger partial charge in [-0.1, -0.05) is 29.8 Å². The lowest BCUT2D eigenvalue weighted by atomic mass is 10.0. The summed E-state index contributed by atoms with van der Waals surface area (Å²) in [5, 5.41) is 6.59. The smallest absolute Gasteiger partial charge is 0.254 e. The second-order valence-electron chi connectivity index (χ2n) is 5.85. The van der Waals surface area contributed by atoms with Crippen LogP contribution in [0, 0.1) is 5.82 Å². The summed E-state index contributed by atoms with van der Waals surface area (Å²) in [4.78, 5) is 12.0. The van der Waals surface area contributed by atoms with Crippen LogP contribution in [0.25, 0.3) is 0 Å². The van der Waals surface area contributed by atoms with Crippen LogP contribution < -0.4 is 15.4 Å². The number of carbonyl (C=O) groups excluding carboxylic acids is 1. The predicted octanol–water partition coefficient (Wildman–Crippen LogP) is 3.40. The van der Waals surface area contributed by atoms with E-state index in [0.717, 1.165) is 31.5 Å². The quantitative estimate of drug-likeness (QED) is 0.758. The van der Waals surface area contributed by atoms with Gasteiger partial charge in [-0.15, -0.1) is 12.4 Å². The van der Waals surface area contributed by atoms with Crippen molar-refractivity contribution in [3.05, 3.63) is 63.9 Å². The highest BCUT2D eigenvalue weighted by atomic mass is 35.5. The molecule has 26 heavy (non-hydrogen) atoms. The maximum atomic E-state index is 13.6. The number of halogens is 3. The molecule has 1 aliphatic rings. The lowest BCUT2D eigenvalue weighted by Gasteiger charge is -2.15. The monoisotopic (exact) mass is 398 g/mol. The summed E-state index contributed by atoms with van der Waals surface area (Å²) in [5.74, 6) is -0.309. The molecule has 1 heterocycles. The van der Waals surface area contributed by atoms with Crippen LogP contribution in [0.1, 0.15) is 21.5 Å². The van der Waals surface area contributed by atoms with Crippen molar-refractivity contribution < 1.29 is 13.9 Å². The highest BCUT2D eigenvalue weighted by Crippen LogP contribution is 2.32. The third-order valence-electron chi connectivity index (χ3n) is 4.18. The minimum absolute atomic E-state index is 0. The summed E-state index contributed by atoms with van der Waals surface area (Å²) in [6.45, 7) is 2.36. The van der Waals surface area contributed by atoms with Gasteiger partial charge in [-0.05, 0) is 49.7 Å². The van der Waals surface area contributed by atoms with Crippen molar-refractivity contribution in [1.82, 2.24) is 10.6 Å². The molecule has 0 unspecified atom stereocenters. The molecule has 0 radical (unpaired) electrons. The van der Waals surface area contributed by atoms with E-state index in [1.54, 1.807) is 12.1 Å². The average Bonchev–Trinajstić information content (AvgIpc) is 2.86. The second kappa shape index (κ2) is 9.76. The number of amides is 1. The standard InChI is InChI=1S/C19H20ClFN2O2.ClH/c20-16-6-5-13-7-9-22-10-8-14(13)18(16)25-12-11-23-19(24)15-3-1-2-4-17(15)21;/h1-6,22H,7-12H2,(H,23,24);1H. The highest BCUT2D eigenvalue weighted by molar-refractivity contribution is 6.32. The molecule has 7 heteroatoms. The largest absolute Gasteiger partial charge is 0.490 e. The number of hydrogen-bond donors (Lipinski definition) is 2. The first-order valence-corrected chi connectivity index (χ1v) is 8.71. The Kier molecular flexibility index (Phi) is 7.69. The van der Waals surface area contributed by atoms with Crippen molar-refractivity contribution in [3.8, 4) is 5.75 Å². The van der Waals surface area contributed by atoms with Crippen molar-refractivity contribution >= 4 is 29.9 Å². The van der Waals surface area contributed by atoms with E-state index in [0.29, 0.717) is 10.8 Å². The molecule has 0 aromatic heterocycles. The van der Waals surface area contributed by atoms with Crippen LogP contribution >= 0.6 is 24.0 Å². The van der Waals surface area contributed by atoms with Crippen molar-refractivity contribution in [3.63, 3.8) is 0 Å². The minimum Gasteiger partial charge on any atom is -0.490 e. The van der Waals surface area contributed by atoms with Crippen molar-refractivity contribution in [2.24, 2.45) is 0 Å². The minimum atomic E-state index is -0.537. The van der Waals surface area contributed by atoms with E-state index in [-0.39, 0.29) is 31.1 Å². The van der Waals surface area contributed by atoms with Crippen LogP contribution in [0.3, 0.4) is 0 Å². The highest BCUT2D eigenvalue weighted by Gasteiger charge is 2.16. The Morgan fingerprint density at radius 2 is 1.96 bits per heavy atom. The number of ether oxygens (including phenoxy) is 1. The Hall–Kier alpha value is -1.82. The van der Waals surface area contributed by atoms with E-state index in [4.69, 9.17) is 16.3 Å². The summed E-state index contributed by atoms with van der Waals surface area (Å²) in [5.41, 5.74) is 2.39. The van der Waals surface area contributed by atoms with Gasteiger partial charge < -0.3 is 15.4 Å². The number of hydrogen-bond acceptors (Lipinski definition) is 3. The fourth-order valence-electron chi connectivity index (χ4n) is 2.92. The van der Waals surface area contributed by atoms with Crippen LogP contribution in [0.15, 0.2) is 36.4 Å². The van der Waals surface area contributed by atoms with Crippen LogP contribution in [0.2, 0.25) is 5.02 Å². The lowest BCUT2D eigenvalue weighted by molar-refractivity contribution is 0.0943. The molecule has 4 nitrogen and oxygen atoms in total. The number of rotatable bonds is 5. The zero-order valence-corrected chi connectivity index (χ0v) is 15.8. The summed E-state index contributed by atoms with van der Waals surface area (Å²) in [6, 6.07) is 9.77. The molecule has 0 bridgehead atoms. The molecule has 2 aromatic rings. The molecule has 140 valence electrons. The van der Waals surface area contributed by atoms with Gasteiger partial charge in [-0.25, -0.2) is 4.39 Å². The first-order valence-electron chi connectivity index (χ1n) is 8.33. The number of fused-ring (bicyclic) bond motifs is 1. The SMILES string of the molecule is Cl.O=C(NCCOc1c(Cl)ccc2c1CCNCC2)c1ccccc1F. The Balaban J connectivity index is 0.00000243. The first kappa shape index (κ1) is 20.5. The fourth-order valence-corrected chi connectivity index (χ4v) is 3.16. The molecule has 0 aliphatic carbocycles. The molecule has 3 rings (SSSR count). The van der Waals surface area contributed by atoms with Crippen LogP contribution in [-0.4, -0.2) is 32.1 Å². The second-order valence-corrected chi connectivity index (χ2v) is 6.26. The van der Waals surface area contributed by atoms with Gasteiger partial charge in [0.2, 0.25) is 0 Å². The third-order valence-corrected chi connectivity index (χ3v) is 4.48. The maximum Gasteiger partial charge on any atom is 0.254 e. The van der Waals surface area contributed by atoms with Crippen LogP contribution in [0.4, 0.5) is 4.39 Å². The van der Waals surface area contributed by atoms with Gasteiger partial charge in [-0.3, -0.25) is 4.79 Å². The molecule has 0 saturated heterocycles. The summed E-state index contributed by atoms with van der Waals surface area (Å²) in [6.07, 6.45) is 1.79. The summed E-state index contributed by atoms with van der Waals surface area (Å²) in [7, 11) is 0. The van der Waals surface area contributed by atoms with Gasteiger partial charge >= 0.3 is 0 Å². The van der Waals surface area contributed by atoms with E-state index in [2.05, 4.69) is 10.6 Å². The topological polar surface area (TPSA) is 50.4 Å². The molecule has 0 atom stereocenters. The van der Waals surface area contributed by atoms with E-state index in [1.165, 1.54) is 17.7 Å². The van der Waals surface area contributed by atoms with Crippen molar-refractivity contribution in [2.75, 3.05) is 26.2 Å². The number of nitrogens with one attached hydrogen (secondary N) is 2. The Morgan fingerprint density at radius 1 is 1.19 bits per heavy atom.